The van der Waals surface area contributed by atoms with Crippen LogP contribution in [0.4, 0.5) is 4.39 Å². The minimum absolute atomic E-state index is 0.154. The van der Waals surface area contributed by atoms with Crippen LogP contribution < -0.4 is 10.5 Å². The normalized spacial score (nSPS) is 10.3. The highest BCUT2D eigenvalue weighted by molar-refractivity contribution is 9.10. The Bertz CT molecular complexity index is 643. The van der Waals surface area contributed by atoms with Crippen molar-refractivity contribution in [3.63, 3.8) is 0 Å². The van der Waals surface area contributed by atoms with E-state index in [4.69, 9.17) is 10.5 Å². The number of rotatable bonds is 3. The van der Waals surface area contributed by atoms with Gasteiger partial charge in [-0.3, -0.25) is 4.79 Å². The molecule has 2 aromatic carbocycles. The van der Waals surface area contributed by atoms with Crippen LogP contribution in [0, 0.1) is 5.82 Å². The number of methoxy groups -OCH3 is 1. The minimum atomic E-state index is -0.572. The van der Waals surface area contributed by atoms with Gasteiger partial charge in [-0.1, -0.05) is 18.2 Å². The predicted octanol–water partition coefficient (Wildman–Crippen LogP) is 3.36. The summed E-state index contributed by atoms with van der Waals surface area (Å²) in [5.74, 6) is -0.888. The highest BCUT2D eigenvalue weighted by Gasteiger charge is 2.13. The van der Waals surface area contributed by atoms with Crippen molar-refractivity contribution in [1.29, 1.82) is 0 Å². The van der Waals surface area contributed by atoms with Gasteiger partial charge in [0.1, 0.15) is 0 Å². The predicted molar refractivity (Wildman–Crippen MR) is 74.6 cm³/mol. The maximum Gasteiger partial charge on any atom is 0.249 e. The zero-order valence-corrected chi connectivity index (χ0v) is 11.7. The van der Waals surface area contributed by atoms with Gasteiger partial charge in [0.2, 0.25) is 5.91 Å². The Hall–Kier alpha value is -1.88. The fourth-order valence-corrected chi connectivity index (χ4v) is 2.22. The standard InChI is InChI=1S/C14H11BrFNO2/c1-19-12-4-2-3-9(13(12)16)8-5-6-11(15)10(7-8)14(17)18/h2-7H,1H3,(H2,17,18). The molecule has 2 aromatic rings. The minimum Gasteiger partial charge on any atom is -0.494 e. The fraction of sp³-hybridized carbons (Fsp3) is 0.0714. The lowest BCUT2D eigenvalue weighted by atomic mass is 10.0. The SMILES string of the molecule is COc1cccc(-c2ccc(Br)c(C(N)=O)c2)c1F. The number of benzene rings is 2. The van der Waals surface area contributed by atoms with Crippen LogP contribution in [-0.4, -0.2) is 13.0 Å². The largest absolute Gasteiger partial charge is 0.494 e. The molecular formula is C14H11BrFNO2. The molecule has 0 spiro atoms. The van der Waals surface area contributed by atoms with Gasteiger partial charge < -0.3 is 10.5 Å². The maximum atomic E-state index is 14.1. The first-order valence-electron chi connectivity index (χ1n) is 5.47. The number of carbonyl (C=O) groups excluding carboxylic acids is 1. The third-order valence-corrected chi connectivity index (χ3v) is 3.42. The number of ether oxygens (including phenoxy) is 1. The summed E-state index contributed by atoms with van der Waals surface area (Å²) in [5, 5.41) is 0. The molecule has 0 saturated heterocycles. The third kappa shape index (κ3) is 2.61. The van der Waals surface area contributed by atoms with E-state index in [0.29, 0.717) is 21.2 Å². The number of primary amides is 1. The zero-order chi connectivity index (χ0) is 14.0. The molecule has 98 valence electrons. The second-order valence-electron chi connectivity index (χ2n) is 3.88. The number of hydrogen-bond acceptors (Lipinski definition) is 2. The molecule has 19 heavy (non-hydrogen) atoms. The summed E-state index contributed by atoms with van der Waals surface area (Å²) in [7, 11) is 1.40. The Morgan fingerprint density at radius 1 is 1.32 bits per heavy atom. The molecule has 0 aliphatic rings. The van der Waals surface area contributed by atoms with E-state index in [-0.39, 0.29) is 5.75 Å². The fourth-order valence-electron chi connectivity index (χ4n) is 1.77. The second-order valence-corrected chi connectivity index (χ2v) is 4.74. The van der Waals surface area contributed by atoms with Gasteiger partial charge in [-0.05, 0) is 39.7 Å². The quantitative estimate of drug-likeness (QED) is 0.941. The van der Waals surface area contributed by atoms with Crippen molar-refractivity contribution < 1.29 is 13.9 Å². The van der Waals surface area contributed by atoms with Gasteiger partial charge in [0, 0.05) is 10.0 Å². The van der Waals surface area contributed by atoms with Crippen molar-refractivity contribution in [3.05, 3.63) is 52.3 Å². The van der Waals surface area contributed by atoms with Crippen LogP contribution in [0.3, 0.4) is 0 Å². The van der Waals surface area contributed by atoms with Gasteiger partial charge in [-0.15, -0.1) is 0 Å². The topological polar surface area (TPSA) is 52.3 Å². The third-order valence-electron chi connectivity index (χ3n) is 2.73. The molecule has 0 saturated carbocycles. The lowest BCUT2D eigenvalue weighted by Gasteiger charge is -2.09. The van der Waals surface area contributed by atoms with Crippen LogP contribution in [0.15, 0.2) is 40.9 Å². The van der Waals surface area contributed by atoms with Crippen LogP contribution in [0.1, 0.15) is 10.4 Å². The highest BCUT2D eigenvalue weighted by Crippen LogP contribution is 2.31. The molecule has 0 bridgehead atoms. The van der Waals surface area contributed by atoms with Crippen molar-refractivity contribution >= 4 is 21.8 Å². The number of carbonyl (C=O) groups is 1. The molecule has 0 unspecified atom stereocenters. The van der Waals surface area contributed by atoms with Gasteiger partial charge in [0.05, 0.1) is 12.7 Å². The lowest BCUT2D eigenvalue weighted by Crippen LogP contribution is -2.11. The van der Waals surface area contributed by atoms with Gasteiger partial charge >= 0.3 is 0 Å². The lowest BCUT2D eigenvalue weighted by molar-refractivity contribution is 0.0999. The molecule has 5 heteroatoms. The van der Waals surface area contributed by atoms with Crippen molar-refractivity contribution in [2.24, 2.45) is 5.73 Å². The molecule has 0 atom stereocenters. The monoisotopic (exact) mass is 323 g/mol. The molecule has 0 radical (unpaired) electrons. The summed E-state index contributed by atoms with van der Waals surface area (Å²) < 4.78 is 19.6. The van der Waals surface area contributed by atoms with Gasteiger partial charge in [-0.25, -0.2) is 4.39 Å². The summed E-state index contributed by atoms with van der Waals surface area (Å²) in [6, 6.07) is 9.74. The summed E-state index contributed by atoms with van der Waals surface area (Å²) in [4.78, 5) is 11.3. The van der Waals surface area contributed by atoms with E-state index < -0.39 is 11.7 Å². The molecule has 0 aromatic heterocycles. The van der Waals surface area contributed by atoms with E-state index in [9.17, 15) is 9.18 Å². The van der Waals surface area contributed by atoms with Crippen molar-refractivity contribution in [2.45, 2.75) is 0 Å². The first kappa shape index (κ1) is 13.5. The Morgan fingerprint density at radius 3 is 2.68 bits per heavy atom. The molecule has 3 nitrogen and oxygen atoms in total. The van der Waals surface area contributed by atoms with Crippen molar-refractivity contribution in [1.82, 2.24) is 0 Å². The Kier molecular flexibility index (Phi) is 3.85. The van der Waals surface area contributed by atoms with Crippen LogP contribution >= 0.6 is 15.9 Å². The number of nitrogens with two attached hydrogens (primary N) is 1. The number of amides is 1. The van der Waals surface area contributed by atoms with Crippen LogP contribution in [0.2, 0.25) is 0 Å². The molecular weight excluding hydrogens is 313 g/mol. The first-order valence-corrected chi connectivity index (χ1v) is 6.26. The molecule has 2 rings (SSSR count). The summed E-state index contributed by atoms with van der Waals surface area (Å²) in [5.41, 5.74) is 6.49. The van der Waals surface area contributed by atoms with E-state index in [1.807, 2.05) is 0 Å². The summed E-state index contributed by atoms with van der Waals surface area (Å²) in [6.45, 7) is 0. The van der Waals surface area contributed by atoms with Crippen LogP contribution in [0.25, 0.3) is 11.1 Å². The number of hydrogen-bond donors (Lipinski definition) is 1. The number of halogens is 2. The van der Waals surface area contributed by atoms with Gasteiger partial charge in [0.15, 0.2) is 11.6 Å². The average molecular weight is 324 g/mol. The van der Waals surface area contributed by atoms with E-state index in [1.54, 1.807) is 30.3 Å². The molecule has 2 N–H and O–H groups in total. The van der Waals surface area contributed by atoms with E-state index in [0.717, 1.165) is 0 Å². The highest BCUT2D eigenvalue weighted by atomic mass is 79.9. The molecule has 0 aliphatic heterocycles. The van der Waals surface area contributed by atoms with E-state index >= 15 is 0 Å². The molecule has 0 fully saturated rings. The average Bonchev–Trinajstić information content (AvgIpc) is 2.39. The molecule has 0 heterocycles. The molecule has 1 amide bonds. The Labute approximate surface area is 118 Å². The van der Waals surface area contributed by atoms with E-state index in [1.165, 1.54) is 13.2 Å². The molecule has 0 aliphatic carbocycles. The summed E-state index contributed by atoms with van der Waals surface area (Å²) in [6.07, 6.45) is 0. The van der Waals surface area contributed by atoms with Crippen LogP contribution in [-0.2, 0) is 0 Å². The van der Waals surface area contributed by atoms with Crippen LogP contribution in [0.5, 0.6) is 5.75 Å². The second kappa shape index (κ2) is 5.40. The first-order chi connectivity index (χ1) is 9.04. The smallest absolute Gasteiger partial charge is 0.249 e. The summed E-state index contributed by atoms with van der Waals surface area (Å²) >= 11 is 3.23. The Balaban J connectivity index is 2.60. The van der Waals surface area contributed by atoms with E-state index in [2.05, 4.69) is 15.9 Å². The Morgan fingerprint density at radius 2 is 2.05 bits per heavy atom. The zero-order valence-electron chi connectivity index (χ0n) is 10.1. The maximum absolute atomic E-state index is 14.1. The van der Waals surface area contributed by atoms with Crippen molar-refractivity contribution in [3.8, 4) is 16.9 Å². The van der Waals surface area contributed by atoms with Crippen molar-refractivity contribution in [2.75, 3.05) is 7.11 Å². The van der Waals surface area contributed by atoms with Gasteiger partial charge in [-0.2, -0.15) is 0 Å². The van der Waals surface area contributed by atoms with Gasteiger partial charge in [0.25, 0.3) is 0 Å².